The van der Waals surface area contributed by atoms with Gasteiger partial charge in [-0.25, -0.2) is 0 Å². The van der Waals surface area contributed by atoms with Crippen molar-refractivity contribution < 1.29 is 0 Å². The van der Waals surface area contributed by atoms with Gasteiger partial charge in [-0.05, 0) is 36.0 Å². The van der Waals surface area contributed by atoms with E-state index in [1.54, 1.807) is 0 Å². The Labute approximate surface area is 91.1 Å². The van der Waals surface area contributed by atoms with Crippen molar-refractivity contribution in [3.8, 4) is 0 Å². The zero-order valence-electron chi connectivity index (χ0n) is 8.83. The molecule has 2 heteroatoms. The maximum atomic E-state index is 5.85. The molecular formula is C12H19NS. The number of benzene rings is 1. The van der Waals surface area contributed by atoms with Crippen molar-refractivity contribution in [2.24, 2.45) is 0 Å². The number of hydrogen-bond donors (Lipinski definition) is 1. The van der Waals surface area contributed by atoms with Crippen molar-refractivity contribution in [1.29, 1.82) is 0 Å². The second-order valence-corrected chi connectivity index (χ2v) is 4.64. The zero-order valence-corrected chi connectivity index (χ0v) is 9.65. The van der Waals surface area contributed by atoms with Crippen LogP contribution in [0.2, 0.25) is 0 Å². The van der Waals surface area contributed by atoms with Gasteiger partial charge in [0.2, 0.25) is 0 Å². The Hall–Kier alpha value is -0.630. The van der Waals surface area contributed by atoms with Crippen LogP contribution in [0.25, 0.3) is 0 Å². The third-order valence-corrected chi connectivity index (χ3v) is 3.28. The highest BCUT2D eigenvalue weighted by molar-refractivity contribution is 7.99. The van der Waals surface area contributed by atoms with E-state index < -0.39 is 0 Å². The van der Waals surface area contributed by atoms with Crippen LogP contribution in [0.15, 0.2) is 24.3 Å². The number of nitrogens with two attached hydrogens (primary N) is 1. The van der Waals surface area contributed by atoms with E-state index in [2.05, 4.69) is 19.1 Å². The fraction of sp³-hybridized carbons (Fsp3) is 0.500. The molecule has 0 heterocycles. The van der Waals surface area contributed by atoms with Gasteiger partial charge < -0.3 is 5.73 Å². The zero-order chi connectivity index (χ0) is 10.2. The average Bonchev–Trinajstić information content (AvgIpc) is 2.20. The Bertz CT molecular complexity index is 260. The van der Waals surface area contributed by atoms with E-state index in [1.807, 2.05) is 23.9 Å². The van der Waals surface area contributed by atoms with Crippen molar-refractivity contribution in [3.05, 3.63) is 29.8 Å². The summed E-state index contributed by atoms with van der Waals surface area (Å²) >= 11 is 2.03. The standard InChI is InChI=1S/C12H19NS/c1-2-3-9-14-10-8-11-6-4-5-7-12(11)13/h4-7H,2-3,8-10,13H2,1H3. The summed E-state index contributed by atoms with van der Waals surface area (Å²) in [6.07, 6.45) is 3.72. The lowest BCUT2D eigenvalue weighted by Gasteiger charge is -2.04. The van der Waals surface area contributed by atoms with Crippen LogP contribution >= 0.6 is 11.8 Å². The molecular weight excluding hydrogens is 190 g/mol. The van der Waals surface area contributed by atoms with Gasteiger partial charge >= 0.3 is 0 Å². The number of hydrogen-bond acceptors (Lipinski definition) is 2. The topological polar surface area (TPSA) is 26.0 Å². The first-order valence-corrected chi connectivity index (χ1v) is 6.41. The van der Waals surface area contributed by atoms with E-state index in [1.165, 1.54) is 29.9 Å². The van der Waals surface area contributed by atoms with Crippen LogP contribution in [0.5, 0.6) is 0 Å². The minimum absolute atomic E-state index is 0.934. The second kappa shape index (κ2) is 6.77. The molecule has 0 bridgehead atoms. The molecule has 1 nitrogen and oxygen atoms in total. The van der Waals surface area contributed by atoms with Gasteiger partial charge in [0.05, 0.1) is 0 Å². The van der Waals surface area contributed by atoms with Crippen LogP contribution in [0.1, 0.15) is 25.3 Å². The normalized spacial score (nSPS) is 10.4. The number of anilines is 1. The van der Waals surface area contributed by atoms with E-state index in [-0.39, 0.29) is 0 Å². The van der Waals surface area contributed by atoms with Gasteiger partial charge in [0.1, 0.15) is 0 Å². The molecule has 0 spiro atoms. The quantitative estimate of drug-likeness (QED) is 0.574. The van der Waals surface area contributed by atoms with E-state index in [4.69, 9.17) is 5.73 Å². The van der Waals surface area contributed by atoms with Crippen molar-refractivity contribution in [3.63, 3.8) is 0 Å². The summed E-state index contributed by atoms with van der Waals surface area (Å²) in [7, 11) is 0. The number of para-hydroxylation sites is 1. The lowest BCUT2D eigenvalue weighted by molar-refractivity contribution is 0.895. The van der Waals surface area contributed by atoms with Crippen molar-refractivity contribution >= 4 is 17.4 Å². The maximum absolute atomic E-state index is 5.85. The van der Waals surface area contributed by atoms with Crippen LogP contribution < -0.4 is 5.73 Å². The van der Waals surface area contributed by atoms with Crippen LogP contribution in [-0.2, 0) is 6.42 Å². The lowest BCUT2D eigenvalue weighted by Crippen LogP contribution is -1.96. The third-order valence-electron chi connectivity index (χ3n) is 2.21. The molecule has 1 rings (SSSR count). The van der Waals surface area contributed by atoms with E-state index in [0.717, 1.165) is 12.1 Å². The van der Waals surface area contributed by atoms with Gasteiger partial charge in [0.25, 0.3) is 0 Å². The molecule has 78 valence electrons. The predicted molar refractivity (Wildman–Crippen MR) is 66.8 cm³/mol. The van der Waals surface area contributed by atoms with Gasteiger partial charge in [-0.15, -0.1) is 0 Å². The highest BCUT2D eigenvalue weighted by Crippen LogP contribution is 2.14. The maximum Gasteiger partial charge on any atom is 0.0346 e. The SMILES string of the molecule is CCCCSCCc1ccccc1N. The van der Waals surface area contributed by atoms with E-state index >= 15 is 0 Å². The van der Waals surface area contributed by atoms with Gasteiger partial charge in [-0.2, -0.15) is 11.8 Å². The molecule has 0 fully saturated rings. The smallest absolute Gasteiger partial charge is 0.0346 e. The Morgan fingerprint density at radius 2 is 2.00 bits per heavy atom. The molecule has 2 N–H and O–H groups in total. The van der Waals surface area contributed by atoms with Gasteiger partial charge in [-0.1, -0.05) is 31.5 Å². The monoisotopic (exact) mass is 209 g/mol. The summed E-state index contributed by atoms with van der Waals surface area (Å²) in [5.41, 5.74) is 8.07. The van der Waals surface area contributed by atoms with Crippen molar-refractivity contribution in [2.75, 3.05) is 17.2 Å². The lowest BCUT2D eigenvalue weighted by atomic mass is 10.1. The molecule has 14 heavy (non-hydrogen) atoms. The molecule has 0 atom stereocenters. The largest absolute Gasteiger partial charge is 0.399 e. The molecule has 1 aromatic carbocycles. The molecule has 0 aliphatic carbocycles. The molecule has 0 radical (unpaired) electrons. The summed E-state index contributed by atoms with van der Waals surface area (Å²) in [6.45, 7) is 2.23. The summed E-state index contributed by atoms with van der Waals surface area (Å²) in [5.74, 6) is 2.47. The minimum Gasteiger partial charge on any atom is -0.399 e. The summed E-state index contributed by atoms with van der Waals surface area (Å²) < 4.78 is 0. The van der Waals surface area contributed by atoms with Crippen LogP contribution in [-0.4, -0.2) is 11.5 Å². The summed E-state index contributed by atoms with van der Waals surface area (Å²) in [4.78, 5) is 0. The Kier molecular flexibility index (Phi) is 5.53. The van der Waals surface area contributed by atoms with Crippen LogP contribution in [0, 0.1) is 0 Å². The molecule has 0 saturated carbocycles. The fourth-order valence-corrected chi connectivity index (χ4v) is 2.35. The van der Waals surface area contributed by atoms with E-state index in [9.17, 15) is 0 Å². The number of unbranched alkanes of at least 4 members (excludes halogenated alkanes) is 1. The number of aryl methyl sites for hydroxylation is 1. The second-order valence-electron chi connectivity index (χ2n) is 3.41. The number of rotatable bonds is 6. The Balaban J connectivity index is 2.21. The summed E-state index contributed by atoms with van der Waals surface area (Å²) in [5, 5.41) is 0. The van der Waals surface area contributed by atoms with Gasteiger partial charge in [0.15, 0.2) is 0 Å². The van der Waals surface area contributed by atoms with Crippen molar-refractivity contribution in [1.82, 2.24) is 0 Å². The highest BCUT2D eigenvalue weighted by Gasteiger charge is 1.97. The predicted octanol–water partition coefficient (Wildman–Crippen LogP) is 3.34. The minimum atomic E-state index is 0.934. The molecule has 0 amide bonds. The van der Waals surface area contributed by atoms with Gasteiger partial charge in [0, 0.05) is 5.69 Å². The summed E-state index contributed by atoms with van der Waals surface area (Å²) in [6, 6.07) is 8.15. The first kappa shape index (κ1) is 11.4. The first-order chi connectivity index (χ1) is 6.84. The highest BCUT2D eigenvalue weighted by atomic mass is 32.2. The average molecular weight is 209 g/mol. The van der Waals surface area contributed by atoms with E-state index in [0.29, 0.717) is 0 Å². The third kappa shape index (κ3) is 4.05. The molecule has 0 aliphatic rings. The fourth-order valence-electron chi connectivity index (χ4n) is 1.29. The molecule has 0 aromatic heterocycles. The van der Waals surface area contributed by atoms with Crippen LogP contribution in [0.4, 0.5) is 5.69 Å². The molecule has 0 aliphatic heterocycles. The molecule has 0 unspecified atom stereocenters. The number of thioether (sulfide) groups is 1. The Morgan fingerprint density at radius 3 is 2.71 bits per heavy atom. The van der Waals surface area contributed by atoms with Gasteiger partial charge in [-0.3, -0.25) is 0 Å². The first-order valence-electron chi connectivity index (χ1n) is 5.25. The van der Waals surface area contributed by atoms with Crippen molar-refractivity contribution in [2.45, 2.75) is 26.2 Å². The van der Waals surface area contributed by atoms with Crippen LogP contribution in [0.3, 0.4) is 0 Å². The molecule has 0 saturated heterocycles. The molecule has 1 aromatic rings. The number of nitrogen functional groups attached to an aromatic ring is 1. The Morgan fingerprint density at radius 1 is 1.21 bits per heavy atom.